The summed E-state index contributed by atoms with van der Waals surface area (Å²) in [6.07, 6.45) is -1.17. The van der Waals surface area contributed by atoms with Gasteiger partial charge in [-0.15, -0.1) is 0 Å². The third kappa shape index (κ3) is 3.55. The van der Waals surface area contributed by atoms with Gasteiger partial charge in [-0.3, -0.25) is 4.98 Å². The highest BCUT2D eigenvalue weighted by atomic mass is 19.4. The second-order valence-electron chi connectivity index (χ2n) is 4.59. The molecule has 6 heteroatoms. The molecule has 22 heavy (non-hydrogen) atoms. The van der Waals surface area contributed by atoms with Gasteiger partial charge in [0.1, 0.15) is 11.9 Å². The Morgan fingerprint density at radius 2 is 2.09 bits per heavy atom. The summed E-state index contributed by atoms with van der Waals surface area (Å²) in [5, 5.41) is 0. The number of rotatable bonds is 4. The molecule has 2 aromatic rings. The maximum Gasteiger partial charge on any atom is 0.407 e. The molecule has 0 N–H and O–H groups in total. The first-order chi connectivity index (χ1) is 10.5. The minimum atomic E-state index is -4.59. The maximum absolute atomic E-state index is 12.9. The molecule has 1 atom stereocenters. The molecule has 3 nitrogen and oxygen atoms in total. The zero-order chi connectivity index (χ0) is 16.2. The van der Waals surface area contributed by atoms with Crippen molar-refractivity contribution in [1.82, 2.24) is 4.98 Å². The Hall–Kier alpha value is -2.55. The van der Waals surface area contributed by atoms with Gasteiger partial charge in [0, 0.05) is 18.0 Å². The van der Waals surface area contributed by atoms with Crippen LogP contribution >= 0.6 is 0 Å². The smallest absolute Gasteiger partial charge is 0.407 e. The van der Waals surface area contributed by atoms with Crippen LogP contribution in [0.4, 0.5) is 18.9 Å². The van der Waals surface area contributed by atoms with E-state index in [9.17, 15) is 13.2 Å². The molecule has 1 heterocycles. The molecule has 0 amide bonds. The van der Waals surface area contributed by atoms with E-state index in [2.05, 4.69) is 9.83 Å². The predicted molar refractivity (Wildman–Crippen MR) is 75.6 cm³/mol. The van der Waals surface area contributed by atoms with Crippen molar-refractivity contribution < 1.29 is 17.9 Å². The highest BCUT2D eigenvalue weighted by molar-refractivity contribution is 5.56. The summed E-state index contributed by atoms with van der Waals surface area (Å²) in [7, 11) is 0. The molecular weight excluding hydrogens is 293 g/mol. The summed E-state index contributed by atoms with van der Waals surface area (Å²) in [5.74, 6) is 0.0791. The zero-order valence-electron chi connectivity index (χ0n) is 11.8. The first-order valence-corrected chi connectivity index (χ1v) is 6.61. The van der Waals surface area contributed by atoms with E-state index in [1.807, 2.05) is 6.92 Å². The van der Waals surface area contributed by atoms with Crippen molar-refractivity contribution in [3.8, 4) is 5.75 Å². The third-order valence-electron chi connectivity index (χ3n) is 3.10. The fourth-order valence-corrected chi connectivity index (χ4v) is 2.03. The summed E-state index contributed by atoms with van der Waals surface area (Å²) in [5.41, 5.74) is -0.636. The maximum atomic E-state index is 12.9. The number of halogens is 3. The fourth-order valence-electron chi connectivity index (χ4n) is 2.03. The number of ether oxygens (including phenoxy) is 1. The Morgan fingerprint density at radius 3 is 2.64 bits per heavy atom. The van der Waals surface area contributed by atoms with E-state index in [0.717, 1.165) is 17.7 Å². The van der Waals surface area contributed by atoms with E-state index in [-0.39, 0.29) is 5.75 Å². The van der Waals surface area contributed by atoms with Crippen molar-refractivity contribution in [3.63, 3.8) is 0 Å². The molecule has 1 aromatic heterocycles. The minimum absolute atomic E-state index is 0.0791. The molecule has 0 aliphatic rings. The lowest BCUT2D eigenvalue weighted by atomic mass is 10.1. The Kier molecular flexibility index (Phi) is 4.66. The van der Waals surface area contributed by atoms with Crippen LogP contribution in [0.3, 0.4) is 0 Å². The molecule has 0 fully saturated rings. The van der Waals surface area contributed by atoms with Crippen molar-refractivity contribution in [2.45, 2.75) is 25.6 Å². The van der Waals surface area contributed by atoms with E-state index >= 15 is 0 Å². The lowest BCUT2D eigenvalue weighted by Gasteiger charge is -2.19. The quantitative estimate of drug-likeness (QED) is 0.727. The molecule has 0 aliphatic heterocycles. The summed E-state index contributed by atoms with van der Waals surface area (Å²) in [4.78, 5) is 6.88. The largest absolute Gasteiger partial charge is 0.486 e. The number of nitrogens with zero attached hydrogens (tertiary/aromatic N) is 2. The molecule has 0 bridgehead atoms. The molecule has 0 aliphatic carbocycles. The number of pyridine rings is 1. The average Bonchev–Trinajstić information content (AvgIpc) is 2.52. The highest BCUT2D eigenvalue weighted by Crippen LogP contribution is 2.39. The van der Waals surface area contributed by atoms with Gasteiger partial charge in [0.2, 0.25) is 0 Å². The van der Waals surface area contributed by atoms with Gasteiger partial charge < -0.3 is 4.74 Å². The topological polar surface area (TPSA) is 26.5 Å². The van der Waals surface area contributed by atoms with Crippen molar-refractivity contribution in [3.05, 3.63) is 65.3 Å². The van der Waals surface area contributed by atoms with Crippen LogP contribution in [0, 0.1) is 6.57 Å². The van der Waals surface area contributed by atoms with E-state index in [1.54, 1.807) is 24.5 Å². The van der Waals surface area contributed by atoms with Crippen LogP contribution in [-0.2, 0) is 6.18 Å². The average molecular weight is 306 g/mol. The second-order valence-corrected chi connectivity index (χ2v) is 4.59. The van der Waals surface area contributed by atoms with Crippen LogP contribution in [-0.4, -0.2) is 4.98 Å². The number of hydrogen-bond acceptors (Lipinski definition) is 2. The van der Waals surface area contributed by atoms with E-state index < -0.39 is 23.5 Å². The van der Waals surface area contributed by atoms with Gasteiger partial charge in [0.25, 0.3) is 0 Å². The van der Waals surface area contributed by atoms with Gasteiger partial charge in [0.05, 0.1) is 12.1 Å². The van der Waals surface area contributed by atoms with Crippen LogP contribution in [0.5, 0.6) is 5.75 Å². The SMILES string of the molecule is [C-]#[N+]c1ccc(OC(CC)c2cccnc2)cc1C(F)(F)F. The molecule has 0 radical (unpaired) electrons. The first kappa shape index (κ1) is 15.8. The van der Waals surface area contributed by atoms with Crippen LogP contribution < -0.4 is 4.74 Å². The van der Waals surface area contributed by atoms with Gasteiger partial charge in [-0.1, -0.05) is 19.1 Å². The minimum Gasteiger partial charge on any atom is -0.486 e. The van der Waals surface area contributed by atoms with Crippen molar-refractivity contribution in [2.75, 3.05) is 0 Å². The number of hydrogen-bond donors (Lipinski definition) is 0. The lowest BCUT2D eigenvalue weighted by molar-refractivity contribution is -0.137. The Balaban J connectivity index is 2.32. The Labute approximate surface area is 126 Å². The van der Waals surface area contributed by atoms with Gasteiger partial charge in [-0.25, -0.2) is 4.85 Å². The molecule has 1 unspecified atom stereocenters. The van der Waals surface area contributed by atoms with E-state index in [1.165, 1.54) is 6.07 Å². The number of alkyl halides is 3. The zero-order valence-corrected chi connectivity index (χ0v) is 11.8. The molecule has 2 rings (SSSR count). The third-order valence-corrected chi connectivity index (χ3v) is 3.10. The molecule has 1 aromatic carbocycles. The molecular formula is C16H13F3N2O. The lowest BCUT2D eigenvalue weighted by Crippen LogP contribution is -2.09. The Morgan fingerprint density at radius 1 is 1.32 bits per heavy atom. The second kappa shape index (κ2) is 6.48. The van der Waals surface area contributed by atoms with E-state index in [4.69, 9.17) is 11.3 Å². The van der Waals surface area contributed by atoms with Crippen LogP contribution in [0.15, 0.2) is 42.7 Å². The highest BCUT2D eigenvalue weighted by Gasteiger charge is 2.34. The molecule has 0 saturated carbocycles. The molecule has 0 saturated heterocycles. The Bertz CT molecular complexity index is 678. The summed E-state index contributed by atoms with van der Waals surface area (Å²) in [6, 6.07) is 6.92. The van der Waals surface area contributed by atoms with Gasteiger partial charge >= 0.3 is 6.18 Å². The number of benzene rings is 1. The summed E-state index contributed by atoms with van der Waals surface area (Å²) in [6.45, 7) is 8.69. The van der Waals surface area contributed by atoms with Crippen molar-refractivity contribution in [1.29, 1.82) is 0 Å². The number of aromatic nitrogens is 1. The first-order valence-electron chi connectivity index (χ1n) is 6.61. The van der Waals surface area contributed by atoms with Crippen molar-refractivity contribution in [2.24, 2.45) is 0 Å². The molecule has 0 spiro atoms. The van der Waals surface area contributed by atoms with Crippen LogP contribution in [0.1, 0.15) is 30.6 Å². The predicted octanol–water partition coefficient (Wildman–Crippen LogP) is 5.18. The van der Waals surface area contributed by atoms with Crippen LogP contribution in [0.25, 0.3) is 4.85 Å². The normalized spacial score (nSPS) is 12.5. The monoisotopic (exact) mass is 306 g/mol. The summed E-state index contributed by atoms with van der Waals surface area (Å²) < 4.78 is 44.5. The molecule has 114 valence electrons. The van der Waals surface area contributed by atoms with Gasteiger partial charge in [-0.05, 0) is 24.6 Å². The van der Waals surface area contributed by atoms with E-state index in [0.29, 0.717) is 6.42 Å². The van der Waals surface area contributed by atoms with Crippen LogP contribution in [0.2, 0.25) is 0 Å². The van der Waals surface area contributed by atoms with Gasteiger partial charge in [-0.2, -0.15) is 13.2 Å². The fraction of sp³-hybridized carbons (Fsp3) is 0.250. The standard InChI is InChI=1S/C16H13F3N2O/c1-3-15(11-5-4-8-21-10-11)22-12-6-7-14(20-2)13(9-12)16(17,18)19/h4-10,15H,3H2,1H3. The summed E-state index contributed by atoms with van der Waals surface area (Å²) >= 11 is 0. The van der Waals surface area contributed by atoms with Crippen molar-refractivity contribution >= 4 is 5.69 Å². The van der Waals surface area contributed by atoms with Gasteiger partial charge in [0.15, 0.2) is 5.69 Å².